The summed E-state index contributed by atoms with van der Waals surface area (Å²) < 4.78 is 0. The molecule has 2 rings (SSSR count). The van der Waals surface area contributed by atoms with Gasteiger partial charge in [-0.25, -0.2) is 0 Å². The molecule has 0 aliphatic rings. The molecule has 2 aromatic carbocycles. The third kappa shape index (κ3) is 3.34. The molecule has 2 aromatic rings. The first-order chi connectivity index (χ1) is 9.26. The Balaban J connectivity index is 2.23. The van der Waals surface area contributed by atoms with Crippen molar-refractivity contribution in [1.29, 1.82) is 0 Å². The predicted molar refractivity (Wildman–Crippen MR) is 83.3 cm³/mol. The molecule has 0 aliphatic heterocycles. The Hall–Kier alpha value is -1.38. The van der Waals surface area contributed by atoms with Crippen LogP contribution in [0, 0.1) is 0 Å². The van der Waals surface area contributed by atoms with Crippen LogP contribution in [0.4, 0.5) is 0 Å². The standard InChI is InChI=1S/C17H24N2/c1-3-12-19(4-2)13-17(18)16-11-7-9-14-8-5-6-10-15(14)16/h5-11,17H,3-4,12-13,18H2,1-2H3. The fraction of sp³-hybridized carbons (Fsp3) is 0.412. The number of nitrogens with zero attached hydrogens (tertiary/aromatic N) is 1. The normalized spacial score (nSPS) is 13.1. The van der Waals surface area contributed by atoms with Crippen molar-refractivity contribution in [2.45, 2.75) is 26.3 Å². The van der Waals surface area contributed by atoms with Crippen LogP contribution in [0.3, 0.4) is 0 Å². The summed E-state index contributed by atoms with van der Waals surface area (Å²) in [5, 5.41) is 2.55. The Morgan fingerprint density at radius 1 is 1.05 bits per heavy atom. The molecule has 0 aromatic heterocycles. The van der Waals surface area contributed by atoms with Crippen molar-refractivity contribution >= 4 is 10.8 Å². The van der Waals surface area contributed by atoms with E-state index >= 15 is 0 Å². The van der Waals surface area contributed by atoms with Gasteiger partial charge < -0.3 is 10.6 Å². The maximum absolute atomic E-state index is 6.43. The summed E-state index contributed by atoms with van der Waals surface area (Å²) in [6.07, 6.45) is 1.18. The summed E-state index contributed by atoms with van der Waals surface area (Å²) in [5.74, 6) is 0. The molecule has 2 N–H and O–H groups in total. The van der Waals surface area contributed by atoms with Gasteiger partial charge >= 0.3 is 0 Å². The van der Waals surface area contributed by atoms with Crippen molar-refractivity contribution in [3.05, 3.63) is 48.0 Å². The van der Waals surface area contributed by atoms with Crippen LogP contribution in [0.25, 0.3) is 10.8 Å². The van der Waals surface area contributed by atoms with E-state index in [4.69, 9.17) is 5.73 Å². The van der Waals surface area contributed by atoms with E-state index in [9.17, 15) is 0 Å². The van der Waals surface area contributed by atoms with Crippen molar-refractivity contribution in [3.63, 3.8) is 0 Å². The van der Waals surface area contributed by atoms with Gasteiger partial charge in [0.15, 0.2) is 0 Å². The molecule has 0 fully saturated rings. The van der Waals surface area contributed by atoms with Gasteiger partial charge in [0.1, 0.15) is 0 Å². The zero-order valence-corrected chi connectivity index (χ0v) is 12.0. The van der Waals surface area contributed by atoms with Crippen LogP contribution in [-0.2, 0) is 0 Å². The maximum atomic E-state index is 6.43. The lowest BCUT2D eigenvalue weighted by atomic mass is 9.99. The number of nitrogens with two attached hydrogens (primary N) is 1. The van der Waals surface area contributed by atoms with Gasteiger partial charge in [0, 0.05) is 12.6 Å². The van der Waals surface area contributed by atoms with Crippen molar-refractivity contribution in [2.75, 3.05) is 19.6 Å². The summed E-state index contributed by atoms with van der Waals surface area (Å²) in [5.41, 5.74) is 7.68. The average Bonchev–Trinajstić information content (AvgIpc) is 2.46. The number of likely N-dealkylation sites (N-methyl/N-ethyl adjacent to an activating group) is 1. The van der Waals surface area contributed by atoms with E-state index in [-0.39, 0.29) is 6.04 Å². The van der Waals surface area contributed by atoms with Crippen LogP contribution in [0.2, 0.25) is 0 Å². The molecule has 1 unspecified atom stereocenters. The first kappa shape index (κ1) is 14.0. The summed E-state index contributed by atoms with van der Waals surface area (Å²) in [4.78, 5) is 2.42. The largest absolute Gasteiger partial charge is 0.323 e. The monoisotopic (exact) mass is 256 g/mol. The van der Waals surface area contributed by atoms with Crippen molar-refractivity contribution < 1.29 is 0 Å². The van der Waals surface area contributed by atoms with Gasteiger partial charge in [-0.2, -0.15) is 0 Å². The van der Waals surface area contributed by atoms with Crippen LogP contribution in [0.1, 0.15) is 31.9 Å². The Labute approximate surface area is 116 Å². The van der Waals surface area contributed by atoms with Crippen LogP contribution in [0.15, 0.2) is 42.5 Å². The topological polar surface area (TPSA) is 29.3 Å². The van der Waals surface area contributed by atoms with E-state index in [0.29, 0.717) is 0 Å². The summed E-state index contributed by atoms with van der Waals surface area (Å²) in [6, 6.07) is 15.0. The third-order valence-corrected chi connectivity index (χ3v) is 3.66. The quantitative estimate of drug-likeness (QED) is 0.856. The summed E-state index contributed by atoms with van der Waals surface area (Å²) in [7, 11) is 0. The number of hydrogen-bond acceptors (Lipinski definition) is 2. The lowest BCUT2D eigenvalue weighted by Crippen LogP contribution is -2.32. The highest BCUT2D eigenvalue weighted by Crippen LogP contribution is 2.23. The first-order valence-electron chi connectivity index (χ1n) is 7.21. The second-order valence-corrected chi connectivity index (χ2v) is 5.07. The molecule has 0 amide bonds. The minimum atomic E-state index is 0.0811. The van der Waals surface area contributed by atoms with Gasteiger partial charge in [-0.05, 0) is 35.8 Å². The zero-order valence-electron chi connectivity index (χ0n) is 12.0. The highest BCUT2D eigenvalue weighted by Gasteiger charge is 2.12. The smallest absolute Gasteiger partial charge is 0.0430 e. The van der Waals surface area contributed by atoms with E-state index in [1.165, 1.54) is 22.8 Å². The van der Waals surface area contributed by atoms with Crippen LogP contribution in [-0.4, -0.2) is 24.5 Å². The highest BCUT2D eigenvalue weighted by molar-refractivity contribution is 5.86. The second kappa shape index (κ2) is 6.69. The first-order valence-corrected chi connectivity index (χ1v) is 7.21. The molecule has 0 spiro atoms. The van der Waals surface area contributed by atoms with E-state index in [2.05, 4.69) is 61.2 Å². The fourth-order valence-corrected chi connectivity index (χ4v) is 2.65. The van der Waals surface area contributed by atoms with Crippen molar-refractivity contribution in [3.8, 4) is 0 Å². The Morgan fingerprint density at radius 2 is 1.79 bits per heavy atom. The Bertz CT molecular complexity index is 516. The zero-order chi connectivity index (χ0) is 13.7. The molecule has 102 valence electrons. The number of hydrogen-bond donors (Lipinski definition) is 1. The number of fused-ring (bicyclic) bond motifs is 1. The van der Waals surface area contributed by atoms with E-state index in [0.717, 1.165) is 19.6 Å². The SMILES string of the molecule is CCCN(CC)CC(N)c1cccc2ccccc12. The predicted octanol–water partition coefficient (Wildman–Crippen LogP) is 3.57. The fourth-order valence-electron chi connectivity index (χ4n) is 2.65. The van der Waals surface area contributed by atoms with Crippen LogP contribution in [0.5, 0.6) is 0 Å². The van der Waals surface area contributed by atoms with Gasteiger partial charge in [0.05, 0.1) is 0 Å². The molecule has 19 heavy (non-hydrogen) atoms. The number of benzene rings is 2. The van der Waals surface area contributed by atoms with Gasteiger partial charge in [-0.15, -0.1) is 0 Å². The molecule has 0 saturated heterocycles. The molecular formula is C17H24N2. The van der Waals surface area contributed by atoms with Crippen LogP contribution >= 0.6 is 0 Å². The minimum absolute atomic E-state index is 0.0811. The summed E-state index contributed by atoms with van der Waals surface area (Å²) >= 11 is 0. The van der Waals surface area contributed by atoms with Crippen molar-refractivity contribution in [2.24, 2.45) is 5.73 Å². The highest BCUT2D eigenvalue weighted by atomic mass is 15.1. The lowest BCUT2D eigenvalue weighted by molar-refractivity contribution is 0.271. The molecule has 0 aliphatic carbocycles. The number of rotatable bonds is 6. The van der Waals surface area contributed by atoms with Crippen LogP contribution < -0.4 is 5.73 Å². The van der Waals surface area contributed by atoms with Gasteiger partial charge in [0.2, 0.25) is 0 Å². The molecule has 0 saturated carbocycles. The van der Waals surface area contributed by atoms with Gasteiger partial charge in [-0.3, -0.25) is 0 Å². The molecule has 2 nitrogen and oxygen atoms in total. The summed E-state index contributed by atoms with van der Waals surface area (Å²) in [6.45, 7) is 7.52. The third-order valence-electron chi connectivity index (χ3n) is 3.66. The van der Waals surface area contributed by atoms with Gasteiger partial charge in [0.25, 0.3) is 0 Å². The second-order valence-electron chi connectivity index (χ2n) is 5.07. The lowest BCUT2D eigenvalue weighted by Gasteiger charge is -2.24. The Kier molecular flexibility index (Phi) is 4.94. The van der Waals surface area contributed by atoms with E-state index in [1.54, 1.807) is 0 Å². The van der Waals surface area contributed by atoms with Crippen molar-refractivity contribution in [1.82, 2.24) is 4.90 Å². The molecule has 0 heterocycles. The van der Waals surface area contributed by atoms with Gasteiger partial charge in [-0.1, -0.05) is 56.3 Å². The molecule has 2 heteroatoms. The van der Waals surface area contributed by atoms with E-state index < -0.39 is 0 Å². The maximum Gasteiger partial charge on any atom is 0.0430 e. The van der Waals surface area contributed by atoms with E-state index in [1.807, 2.05) is 0 Å². The average molecular weight is 256 g/mol. The molecule has 0 bridgehead atoms. The molecular weight excluding hydrogens is 232 g/mol. The Morgan fingerprint density at radius 3 is 2.53 bits per heavy atom. The minimum Gasteiger partial charge on any atom is -0.323 e. The molecule has 0 radical (unpaired) electrons. The molecule has 1 atom stereocenters.